The molecular weight excluding hydrogens is 292 g/mol. The third-order valence-electron chi connectivity index (χ3n) is 3.99. The molecule has 0 radical (unpaired) electrons. The highest BCUT2D eigenvalue weighted by Crippen LogP contribution is 2.35. The summed E-state index contributed by atoms with van der Waals surface area (Å²) in [5, 5.41) is 0. The summed E-state index contributed by atoms with van der Waals surface area (Å²) in [7, 11) is 0. The summed E-state index contributed by atoms with van der Waals surface area (Å²) in [5.74, 6) is 0.504. The first kappa shape index (κ1) is 15.3. The van der Waals surface area contributed by atoms with Crippen LogP contribution in [-0.4, -0.2) is 18.4 Å². The average molecular weight is 310 g/mol. The molecule has 0 amide bonds. The van der Waals surface area contributed by atoms with Crippen molar-refractivity contribution < 1.29 is 19.1 Å². The number of esters is 1. The highest BCUT2D eigenvalue weighted by Gasteiger charge is 2.24. The number of hydrogen-bond acceptors (Lipinski definition) is 4. The lowest BCUT2D eigenvalue weighted by Gasteiger charge is -2.13. The predicted octanol–water partition coefficient (Wildman–Crippen LogP) is 3.88. The molecule has 4 nitrogen and oxygen atoms in total. The quantitative estimate of drug-likeness (QED) is 0.807. The van der Waals surface area contributed by atoms with Gasteiger partial charge in [0.25, 0.3) is 0 Å². The molecule has 0 aliphatic carbocycles. The van der Waals surface area contributed by atoms with E-state index in [-0.39, 0.29) is 11.8 Å². The number of fused-ring (bicyclic) bond motifs is 2. The van der Waals surface area contributed by atoms with Crippen LogP contribution in [0.1, 0.15) is 41.3 Å². The SMILES string of the molecule is CCOC(=O)C(C)c1ccc2c(c1)C(=O)Cc1ccccc1O2. The smallest absolute Gasteiger partial charge is 0.313 e. The Morgan fingerprint density at radius 2 is 2.00 bits per heavy atom. The zero-order chi connectivity index (χ0) is 16.4. The van der Waals surface area contributed by atoms with Crippen molar-refractivity contribution in [3.05, 3.63) is 59.2 Å². The number of benzene rings is 2. The minimum Gasteiger partial charge on any atom is -0.466 e. The van der Waals surface area contributed by atoms with Gasteiger partial charge >= 0.3 is 5.97 Å². The van der Waals surface area contributed by atoms with E-state index in [1.165, 1.54) is 0 Å². The number of carbonyl (C=O) groups is 2. The first-order chi connectivity index (χ1) is 11.1. The molecule has 0 fully saturated rings. The van der Waals surface area contributed by atoms with Crippen LogP contribution in [0, 0.1) is 0 Å². The Balaban J connectivity index is 1.96. The van der Waals surface area contributed by atoms with Crippen molar-refractivity contribution in [1.82, 2.24) is 0 Å². The van der Waals surface area contributed by atoms with Crippen molar-refractivity contribution in [2.24, 2.45) is 0 Å². The molecule has 23 heavy (non-hydrogen) atoms. The van der Waals surface area contributed by atoms with Gasteiger partial charge in [0.1, 0.15) is 11.5 Å². The molecule has 0 saturated carbocycles. The molecule has 0 saturated heterocycles. The topological polar surface area (TPSA) is 52.6 Å². The van der Waals surface area contributed by atoms with Crippen LogP contribution in [0.15, 0.2) is 42.5 Å². The largest absolute Gasteiger partial charge is 0.466 e. The van der Waals surface area contributed by atoms with Gasteiger partial charge in [0.2, 0.25) is 0 Å². The fourth-order valence-corrected chi connectivity index (χ4v) is 2.66. The van der Waals surface area contributed by atoms with E-state index in [1.54, 1.807) is 26.0 Å². The van der Waals surface area contributed by atoms with Gasteiger partial charge in [-0.2, -0.15) is 0 Å². The van der Waals surface area contributed by atoms with E-state index in [9.17, 15) is 9.59 Å². The first-order valence-electron chi connectivity index (χ1n) is 7.69. The zero-order valence-electron chi connectivity index (χ0n) is 13.2. The Morgan fingerprint density at radius 1 is 1.22 bits per heavy atom. The van der Waals surface area contributed by atoms with Gasteiger partial charge in [-0.15, -0.1) is 0 Å². The number of Topliss-reactive ketones (excluding diaryl/α,β-unsaturated/α-hetero) is 1. The highest BCUT2D eigenvalue weighted by molar-refractivity contribution is 6.01. The van der Waals surface area contributed by atoms with Crippen LogP contribution in [0.4, 0.5) is 0 Å². The van der Waals surface area contributed by atoms with Crippen molar-refractivity contribution in [3.63, 3.8) is 0 Å². The summed E-state index contributed by atoms with van der Waals surface area (Å²) in [5.41, 5.74) is 2.13. The monoisotopic (exact) mass is 310 g/mol. The zero-order valence-corrected chi connectivity index (χ0v) is 13.2. The van der Waals surface area contributed by atoms with Gasteiger partial charge in [-0.25, -0.2) is 0 Å². The molecular formula is C19H18O4. The summed E-state index contributed by atoms with van der Waals surface area (Å²) in [6.45, 7) is 3.89. The maximum Gasteiger partial charge on any atom is 0.313 e. The summed E-state index contributed by atoms with van der Waals surface area (Å²) in [4.78, 5) is 24.4. The molecule has 1 unspecified atom stereocenters. The average Bonchev–Trinajstić information content (AvgIpc) is 2.70. The van der Waals surface area contributed by atoms with Crippen molar-refractivity contribution in [3.8, 4) is 11.5 Å². The summed E-state index contributed by atoms with van der Waals surface area (Å²) in [6.07, 6.45) is 0.292. The molecule has 0 aromatic heterocycles. The van der Waals surface area contributed by atoms with Crippen molar-refractivity contribution in [2.45, 2.75) is 26.2 Å². The Hall–Kier alpha value is -2.62. The summed E-state index contributed by atoms with van der Waals surface area (Å²) < 4.78 is 10.9. The van der Waals surface area contributed by atoms with Crippen LogP contribution in [-0.2, 0) is 16.0 Å². The second kappa shape index (κ2) is 6.24. The Morgan fingerprint density at radius 3 is 2.78 bits per heavy atom. The van der Waals surface area contributed by atoms with Crippen LogP contribution >= 0.6 is 0 Å². The van der Waals surface area contributed by atoms with Gasteiger partial charge in [0, 0.05) is 12.0 Å². The Labute approximate surface area is 135 Å². The molecule has 2 aromatic carbocycles. The maximum absolute atomic E-state index is 12.5. The Bertz CT molecular complexity index is 764. The molecule has 2 aromatic rings. The number of para-hydroxylation sites is 1. The number of rotatable bonds is 3. The summed E-state index contributed by atoms with van der Waals surface area (Å²) >= 11 is 0. The van der Waals surface area contributed by atoms with Gasteiger partial charge in [0.05, 0.1) is 18.1 Å². The number of ketones is 1. The lowest BCUT2D eigenvalue weighted by molar-refractivity contribution is -0.144. The molecule has 1 heterocycles. The lowest BCUT2D eigenvalue weighted by atomic mass is 9.95. The molecule has 1 aliphatic heterocycles. The number of ether oxygens (including phenoxy) is 2. The van der Waals surface area contributed by atoms with E-state index in [0.29, 0.717) is 30.1 Å². The van der Waals surface area contributed by atoms with Crippen LogP contribution in [0.2, 0.25) is 0 Å². The van der Waals surface area contributed by atoms with E-state index in [2.05, 4.69) is 0 Å². The molecule has 3 rings (SSSR count). The van der Waals surface area contributed by atoms with Gasteiger partial charge in [-0.3, -0.25) is 9.59 Å². The third kappa shape index (κ3) is 2.97. The van der Waals surface area contributed by atoms with Crippen LogP contribution in [0.5, 0.6) is 11.5 Å². The fourth-order valence-electron chi connectivity index (χ4n) is 2.66. The van der Waals surface area contributed by atoms with Gasteiger partial charge < -0.3 is 9.47 Å². The standard InChI is InChI=1S/C19H18O4/c1-3-22-19(21)12(2)13-8-9-18-15(10-13)16(20)11-14-6-4-5-7-17(14)23-18/h4-10,12H,3,11H2,1-2H3. The lowest BCUT2D eigenvalue weighted by Crippen LogP contribution is -2.13. The second-order valence-corrected chi connectivity index (χ2v) is 5.54. The molecule has 0 spiro atoms. The van der Waals surface area contributed by atoms with Crippen molar-refractivity contribution in [1.29, 1.82) is 0 Å². The molecule has 1 aliphatic rings. The minimum atomic E-state index is -0.418. The summed E-state index contributed by atoms with van der Waals surface area (Å²) in [6, 6.07) is 12.8. The van der Waals surface area contributed by atoms with E-state index in [4.69, 9.17) is 9.47 Å². The van der Waals surface area contributed by atoms with Gasteiger partial charge in [-0.1, -0.05) is 24.3 Å². The van der Waals surface area contributed by atoms with Crippen molar-refractivity contribution >= 4 is 11.8 Å². The maximum atomic E-state index is 12.5. The molecule has 118 valence electrons. The molecule has 0 N–H and O–H groups in total. The second-order valence-electron chi connectivity index (χ2n) is 5.54. The van der Waals surface area contributed by atoms with Crippen molar-refractivity contribution in [2.75, 3.05) is 6.61 Å². The van der Waals surface area contributed by atoms with E-state index >= 15 is 0 Å². The molecule has 0 bridgehead atoms. The molecule has 1 atom stereocenters. The van der Waals surface area contributed by atoms with E-state index < -0.39 is 5.92 Å². The van der Waals surface area contributed by atoms with E-state index in [1.807, 2.05) is 30.3 Å². The predicted molar refractivity (Wildman–Crippen MR) is 86.0 cm³/mol. The van der Waals surface area contributed by atoms with Crippen LogP contribution < -0.4 is 4.74 Å². The van der Waals surface area contributed by atoms with Gasteiger partial charge in [-0.05, 0) is 37.6 Å². The van der Waals surface area contributed by atoms with Gasteiger partial charge in [0.15, 0.2) is 5.78 Å². The third-order valence-corrected chi connectivity index (χ3v) is 3.99. The minimum absolute atomic E-state index is 0.0112. The van der Waals surface area contributed by atoms with Crippen LogP contribution in [0.25, 0.3) is 0 Å². The normalized spacial score (nSPS) is 14.1. The number of carbonyl (C=O) groups excluding carboxylic acids is 2. The Kier molecular flexibility index (Phi) is 4.15. The van der Waals surface area contributed by atoms with Crippen LogP contribution in [0.3, 0.4) is 0 Å². The van der Waals surface area contributed by atoms with E-state index in [0.717, 1.165) is 11.1 Å². The number of hydrogen-bond donors (Lipinski definition) is 0. The first-order valence-corrected chi connectivity index (χ1v) is 7.69. The molecule has 4 heteroatoms. The highest BCUT2D eigenvalue weighted by atomic mass is 16.5. The fraction of sp³-hybridized carbons (Fsp3) is 0.263.